The highest BCUT2D eigenvalue weighted by atomic mass is 16.7. The second-order valence-electron chi connectivity index (χ2n) is 9.82. The van der Waals surface area contributed by atoms with E-state index in [1.54, 1.807) is 30.3 Å². The molecule has 2 saturated heterocycles. The van der Waals surface area contributed by atoms with Gasteiger partial charge in [-0.2, -0.15) is 0 Å². The second kappa shape index (κ2) is 12.0. The van der Waals surface area contributed by atoms with Crippen molar-refractivity contribution < 1.29 is 64.2 Å². The summed E-state index contributed by atoms with van der Waals surface area (Å²) in [6.45, 7) is -1.23. The number of rotatable bonds is 7. The van der Waals surface area contributed by atoms with Gasteiger partial charge in [-0.1, -0.05) is 30.3 Å². The SMILES string of the molecule is O=c1cc(-c2ccccc2)oc2cc(OC3OC(COC4OC(CO)C(O)C(O)C4O)C(O)C(O)C3O)cc(O)c12. The number of ether oxygens (including phenoxy) is 4. The molecule has 0 radical (unpaired) electrons. The van der Waals surface area contributed by atoms with Crippen LogP contribution in [0.25, 0.3) is 22.3 Å². The molecule has 222 valence electrons. The zero-order valence-electron chi connectivity index (χ0n) is 21.3. The molecule has 10 atom stereocenters. The summed E-state index contributed by atoms with van der Waals surface area (Å²) < 4.78 is 27.8. The first-order valence-electron chi connectivity index (χ1n) is 12.7. The Hall–Kier alpha value is -3.15. The van der Waals surface area contributed by atoms with Crippen LogP contribution in [-0.4, -0.2) is 115 Å². The van der Waals surface area contributed by atoms with E-state index >= 15 is 0 Å². The van der Waals surface area contributed by atoms with Crippen LogP contribution in [0.3, 0.4) is 0 Å². The van der Waals surface area contributed by atoms with Gasteiger partial charge < -0.3 is 64.2 Å². The van der Waals surface area contributed by atoms with Crippen molar-refractivity contribution >= 4 is 11.0 Å². The molecule has 0 amide bonds. The normalized spacial score (nSPS) is 34.0. The van der Waals surface area contributed by atoms with Gasteiger partial charge in [0.2, 0.25) is 6.29 Å². The van der Waals surface area contributed by atoms with Crippen LogP contribution in [-0.2, 0) is 14.2 Å². The third-order valence-corrected chi connectivity index (χ3v) is 7.04. The summed E-state index contributed by atoms with van der Waals surface area (Å²) in [5.74, 6) is -0.346. The lowest BCUT2D eigenvalue weighted by molar-refractivity contribution is -0.323. The van der Waals surface area contributed by atoms with Crippen molar-refractivity contribution in [1.29, 1.82) is 0 Å². The van der Waals surface area contributed by atoms with Crippen LogP contribution in [0.15, 0.2) is 57.7 Å². The molecule has 3 heterocycles. The average molecular weight is 579 g/mol. The van der Waals surface area contributed by atoms with Crippen LogP contribution < -0.4 is 10.2 Å². The Bertz CT molecular complexity index is 1390. The molecule has 2 aliphatic rings. The molecule has 1 aromatic heterocycles. The number of hydrogen-bond donors (Lipinski definition) is 8. The maximum absolute atomic E-state index is 12.7. The van der Waals surface area contributed by atoms with E-state index in [0.29, 0.717) is 5.56 Å². The van der Waals surface area contributed by atoms with Gasteiger partial charge >= 0.3 is 0 Å². The summed E-state index contributed by atoms with van der Waals surface area (Å²) in [4.78, 5) is 12.7. The highest BCUT2D eigenvalue weighted by Crippen LogP contribution is 2.33. The Morgan fingerprint density at radius 1 is 0.756 bits per heavy atom. The summed E-state index contributed by atoms with van der Waals surface area (Å²) in [5.41, 5.74) is 0.0782. The number of hydrogen-bond acceptors (Lipinski definition) is 14. The molecule has 2 aromatic carbocycles. The first kappa shape index (κ1) is 29.3. The highest BCUT2D eigenvalue weighted by molar-refractivity contribution is 5.86. The minimum absolute atomic E-state index is 0.0280. The van der Waals surface area contributed by atoms with E-state index in [4.69, 9.17) is 23.4 Å². The quantitative estimate of drug-likeness (QED) is 0.154. The Kier molecular flexibility index (Phi) is 8.58. The Balaban J connectivity index is 1.34. The van der Waals surface area contributed by atoms with E-state index in [-0.39, 0.29) is 22.5 Å². The predicted octanol–water partition coefficient (Wildman–Crippen LogP) is -1.83. The van der Waals surface area contributed by atoms with Gasteiger partial charge in [0.1, 0.15) is 77.1 Å². The van der Waals surface area contributed by atoms with Gasteiger partial charge in [-0.15, -0.1) is 0 Å². The molecule has 14 nitrogen and oxygen atoms in total. The molecular formula is C27H30O14. The lowest BCUT2D eigenvalue weighted by Crippen LogP contribution is -2.62. The lowest BCUT2D eigenvalue weighted by Gasteiger charge is -2.42. The summed E-state index contributed by atoms with van der Waals surface area (Å²) in [7, 11) is 0. The molecule has 0 spiro atoms. The number of phenols is 1. The Morgan fingerprint density at radius 3 is 2.07 bits per heavy atom. The van der Waals surface area contributed by atoms with E-state index in [2.05, 4.69) is 0 Å². The second-order valence-corrected chi connectivity index (χ2v) is 9.82. The fourth-order valence-electron chi connectivity index (χ4n) is 4.74. The Labute approximate surface area is 231 Å². The lowest BCUT2D eigenvalue weighted by atomic mass is 9.98. The minimum atomic E-state index is -1.78. The topological polar surface area (TPSA) is 229 Å². The summed E-state index contributed by atoms with van der Waals surface area (Å²) in [6.07, 6.45) is -16.0. The van der Waals surface area contributed by atoms with Crippen molar-refractivity contribution in [2.75, 3.05) is 13.2 Å². The molecule has 3 aromatic rings. The zero-order valence-corrected chi connectivity index (χ0v) is 21.3. The van der Waals surface area contributed by atoms with Gasteiger partial charge in [0.25, 0.3) is 0 Å². The third kappa shape index (κ3) is 5.80. The molecule has 10 unspecified atom stereocenters. The Morgan fingerprint density at radius 2 is 1.39 bits per heavy atom. The fraction of sp³-hybridized carbons (Fsp3) is 0.444. The number of aromatic hydroxyl groups is 1. The first-order valence-corrected chi connectivity index (χ1v) is 12.7. The van der Waals surface area contributed by atoms with Gasteiger partial charge in [-0.3, -0.25) is 4.79 Å². The van der Waals surface area contributed by atoms with Crippen LogP contribution in [0, 0.1) is 0 Å². The van der Waals surface area contributed by atoms with Crippen molar-refractivity contribution in [3.63, 3.8) is 0 Å². The average Bonchev–Trinajstić information content (AvgIpc) is 2.96. The van der Waals surface area contributed by atoms with E-state index in [1.165, 1.54) is 12.1 Å². The number of benzene rings is 2. The standard InChI is InChI=1S/C27H30O14/c28-9-17-20(31)22(33)24(35)26(40-17)37-10-18-21(32)23(34)25(36)27(41-18)38-12-6-13(29)19-14(30)8-15(39-16(19)7-12)11-4-2-1-3-5-11/h1-8,17-18,20-29,31-36H,9-10H2. The van der Waals surface area contributed by atoms with Crippen LogP contribution in [0.2, 0.25) is 0 Å². The van der Waals surface area contributed by atoms with Gasteiger partial charge in [-0.05, 0) is 0 Å². The summed E-state index contributed by atoms with van der Waals surface area (Å²) >= 11 is 0. The summed E-state index contributed by atoms with van der Waals surface area (Å²) in [5, 5.41) is 81.2. The minimum Gasteiger partial charge on any atom is -0.507 e. The number of fused-ring (bicyclic) bond motifs is 1. The van der Waals surface area contributed by atoms with Crippen LogP contribution >= 0.6 is 0 Å². The fourth-order valence-corrected chi connectivity index (χ4v) is 4.74. The van der Waals surface area contributed by atoms with E-state index < -0.39 is 85.8 Å². The van der Waals surface area contributed by atoms with Crippen LogP contribution in [0.5, 0.6) is 11.5 Å². The smallest absolute Gasteiger partial charge is 0.229 e. The largest absolute Gasteiger partial charge is 0.507 e. The van der Waals surface area contributed by atoms with E-state index in [0.717, 1.165) is 6.07 Å². The van der Waals surface area contributed by atoms with Gasteiger partial charge in [0, 0.05) is 23.8 Å². The number of aliphatic hydroxyl groups is 7. The van der Waals surface area contributed by atoms with Crippen LogP contribution in [0.1, 0.15) is 0 Å². The van der Waals surface area contributed by atoms with E-state index in [1.807, 2.05) is 0 Å². The molecule has 14 heteroatoms. The zero-order chi connectivity index (χ0) is 29.4. The number of aliphatic hydroxyl groups excluding tert-OH is 7. The van der Waals surface area contributed by atoms with Crippen molar-refractivity contribution in [2.24, 2.45) is 0 Å². The molecule has 41 heavy (non-hydrogen) atoms. The van der Waals surface area contributed by atoms with Crippen molar-refractivity contribution in [3.05, 3.63) is 58.8 Å². The number of phenolic OH excluding ortho intramolecular Hbond substituents is 1. The first-order chi connectivity index (χ1) is 19.6. The molecule has 0 saturated carbocycles. The molecule has 0 aliphatic carbocycles. The third-order valence-electron chi connectivity index (χ3n) is 7.04. The monoisotopic (exact) mass is 578 g/mol. The van der Waals surface area contributed by atoms with Crippen molar-refractivity contribution in [2.45, 2.75) is 61.4 Å². The molecule has 8 N–H and O–H groups in total. The molecule has 0 bridgehead atoms. The van der Waals surface area contributed by atoms with Gasteiger partial charge in [0.05, 0.1) is 13.2 Å². The highest BCUT2D eigenvalue weighted by Gasteiger charge is 2.48. The van der Waals surface area contributed by atoms with E-state index in [9.17, 15) is 45.6 Å². The summed E-state index contributed by atoms with van der Waals surface area (Å²) in [6, 6.07) is 12.4. The molecule has 5 rings (SSSR count). The maximum atomic E-state index is 12.7. The maximum Gasteiger partial charge on any atom is 0.229 e. The molecular weight excluding hydrogens is 548 g/mol. The van der Waals surface area contributed by atoms with Gasteiger partial charge in [-0.25, -0.2) is 0 Å². The van der Waals surface area contributed by atoms with Crippen molar-refractivity contribution in [1.82, 2.24) is 0 Å². The predicted molar refractivity (Wildman–Crippen MR) is 137 cm³/mol. The van der Waals surface area contributed by atoms with Gasteiger partial charge in [0.15, 0.2) is 11.7 Å². The van der Waals surface area contributed by atoms with Crippen molar-refractivity contribution in [3.8, 4) is 22.8 Å². The van der Waals surface area contributed by atoms with Crippen LogP contribution in [0.4, 0.5) is 0 Å². The molecule has 2 aliphatic heterocycles. The molecule has 2 fully saturated rings.